The number of hydrogen-bond donors (Lipinski definition) is 1. The summed E-state index contributed by atoms with van der Waals surface area (Å²) in [6.07, 6.45) is 0.262. The van der Waals surface area contributed by atoms with Crippen LogP contribution in [0.4, 0.5) is 4.39 Å². The number of Topliss-reactive ketones (excluding diaryl/α,β-unsaturated/α-hetero) is 1. The van der Waals surface area contributed by atoms with Crippen LogP contribution in [0.1, 0.15) is 30.6 Å². The van der Waals surface area contributed by atoms with Gasteiger partial charge in [0.25, 0.3) is 0 Å². The average molecular weight is 231 g/mol. The van der Waals surface area contributed by atoms with Crippen LogP contribution in [0.3, 0.4) is 0 Å². The molecule has 0 fully saturated rings. The highest BCUT2D eigenvalue weighted by molar-refractivity contribution is 6.32. The van der Waals surface area contributed by atoms with Crippen molar-refractivity contribution >= 4 is 17.4 Å². The van der Waals surface area contributed by atoms with Crippen molar-refractivity contribution in [1.29, 1.82) is 0 Å². The number of carbonyl (C=O) groups excluding carboxylic acids is 1. The molecule has 0 aliphatic carbocycles. The van der Waals surface area contributed by atoms with E-state index in [0.717, 1.165) is 12.1 Å². The molecule has 0 amide bonds. The van der Waals surface area contributed by atoms with Gasteiger partial charge in [-0.2, -0.15) is 0 Å². The Bertz CT molecular complexity index is 388. The fourth-order valence-electron chi connectivity index (χ4n) is 1.23. The highest BCUT2D eigenvalue weighted by Gasteiger charge is 2.15. The second-order valence-electron chi connectivity index (χ2n) is 3.80. The first-order chi connectivity index (χ1) is 6.91. The molecule has 0 saturated carbocycles. The first-order valence-corrected chi connectivity index (χ1v) is 5.00. The zero-order chi connectivity index (χ0) is 11.6. The number of benzene rings is 1. The Morgan fingerprint density at radius 3 is 2.67 bits per heavy atom. The monoisotopic (exact) mass is 230 g/mol. The largest absolute Gasteiger partial charge is 0.506 e. The van der Waals surface area contributed by atoms with Gasteiger partial charge in [0.05, 0.1) is 10.6 Å². The molecule has 15 heavy (non-hydrogen) atoms. The van der Waals surface area contributed by atoms with Crippen LogP contribution in [0, 0.1) is 11.7 Å². The van der Waals surface area contributed by atoms with Gasteiger partial charge in [0, 0.05) is 12.5 Å². The third kappa shape index (κ3) is 2.93. The number of ketones is 1. The Kier molecular flexibility index (Phi) is 3.69. The summed E-state index contributed by atoms with van der Waals surface area (Å²) in [6, 6.07) is 2.02. The highest BCUT2D eigenvalue weighted by atomic mass is 35.5. The van der Waals surface area contributed by atoms with Crippen molar-refractivity contribution in [2.75, 3.05) is 0 Å². The molecule has 0 heterocycles. The van der Waals surface area contributed by atoms with Crippen molar-refractivity contribution < 1.29 is 14.3 Å². The van der Waals surface area contributed by atoms with Gasteiger partial charge in [0.1, 0.15) is 11.6 Å². The summed E-state index contributed by atoms with van der Waals surface area (Å²) in [7, 11) is 0. The molecule has 0 bridgehead atoms. The van der Waals surface area contributed by atoms with E-state index >= 15 is 0 Å². The Morgan fingerprint density at radius 2 is 2.13 bits per heavy atom. The maximum atomic E-state index is 13.3. The van der Waals surface area contributed by atoms with Gasteiger partial charge in [-0.25, -0.2) is 4.39 Å². The predicted octanol–water partition coefficient (Wildman–Crippen LogP) is 3.41. The number of aromatic hydroxyl groups is 1. The van der Waals surface area contributed by atoms with Crippen LogP contribution >= 0.6 is 11.6 Å². The molecule has 0 radical (unpaired) electrons. The summed E-state index contributed by atoms with van der Waals surface area (Å²) in [4.78, 5) is 11.6. The van der Waals surface area contributed by atoms with Gasteiger partial charge in [0.15, 0.2) is 5.78 Å². The molecule has 2 nitrogen and oxygen atoms in total. The van der Waals surface area contributed by atoms with E-state index in [9.17, 15) is 9.18 Å². The van der Waals surface area contributed by atoms with Crippen LogP contribution in [0.2, 0.25) is 5.02 Å². The minimum absolute atomic E-state index is 0.0106. The summed E-state index contributed by atoms with van der Waals surface area (Å²) in [5, 5.41) is 9.09. The lowest BCUT2D eigenvalue weighted by molar-refractivity contribution is 0.0964. The lowest BCUT2D eigenvalue weighted by atomic mass is 10.0. The van der Waals surface area contributed by atoms with Crippen LogP contribution in [-0.2, 0) is 0 Å². The summed E-state index contributed by atoms with van der Waals surface area (Å²) < 4.78 is 13.3. The van der Waals surface area contributed by atoms with Crippen molar-refractivity contribution in [2.45, 2.75) is 20.3 Å². The van der Waals surface area contributed by atoms with Gasteiger partial charge < -0.3 is 5.11 Å². The molecule has 0 spiro atoms. The predicted molar refractivity (Wildman–Crippen MR) is 56.9 cm³/mol. The Morgan fingerprint density at radius 1 is 1.53 bits per heavy atom. The number of phenolic OH excluding ortho intramolecular Hbond substituents is 1. The van der Waals surface area contributed by atoms with Gasteiger partial charge in [-0.15, -0.1) is 0 Å². The molecule has 82 valence electrons. The molecular formula is C11H12ClFO2. The van der Waals surface area contributed by atoms with Crippen molar-refractivity contribution in [2.24, 2.45) is 5.92 Å². The number of halogens is 2. The number of hydrogen-bond acceptors (Lipinski definition) is 2. The van der Waals surface area contributed by atoms with Gasteiger partial charge in [-0.05, 0) is 12.0 Å². The third-order valence-electron chi connectivity index (χ3n) is 1.93. The van der Waals surface area contributed by atoms with E-state index in [1.54, 1.807) is 0 Å². The van der Waals surface area contributed by atoms with Crippen molar-refractivity contribution in [3.8, 4) is 5.75 Å². The van der Waals surface area contributed by atoms with E-state index in [4.69, 9.17) is 16.7 Å². The van der Waals surface area contributed by atoms with Crippen molar-refractivity contribution in [3.05, 3.63) is 28.5 Å². The average Bonchev–Trinajstić information content (AvgIpc) is 2.09. The molecule has 4 heteroatoms. The van der Waals surface area contributed by atoms with E-state index < -0.39 is 5.82 Å². The molecule has 0 aliphatic rings. The second-order valence-corrected chi connectivity index (χ2v) is 4.21. The summed E-state index contributed by atoms with van der Waals surface area (Å²) in [6.45, 7) is 3.75. The Labute approximate surface area is 92.7 Å². The minimum Gasteiger partial charge on any atom is -0.506 e. The highest BCUT2D eigenvalue weighted by Crippen LogP contribution is 2.27. The normalized spacial score (nSPS) is 10.7. The molecule has 0 unspecified atom stereocenters. The SMILES string of the molecule is CC(C)CC(=O)c1cc(Cl)c(O)cc1F. The van der Waals surface area contributed by atoms with E-state index in [0.29, 0.717) is 0 Å². The van der Waals surface area contributed by atoms with Crippen LogP contribution in [0.25, 0.3) is 0 Å². The van der Waals surface area contributed by atoms with Crippen LogP contribution in [-0.4, -0.2) is 10.9 Å². The molecule has 1 aromatic carbocycles. The molecule has 1 rings (SSSR count). The number of rotatable bonds is 3. The standard InChI is InChI=1S/C11H12ClFO2/c1-6(2)3-10(14)7-4-8(12)11(15)5-9(7)13/h4-6,15H,3H2,1-2H3. The Balaban J connectivity index is 3.04. The lowest BCUT2D eigenvalue weighted by Gasteiger charge is -2.06. The van der Waals surface area contributed by atoms with E-state index in [2.05, 4.69) is 0 Å². The summed E-state index contributed by atoms with van der Waals surface area (Å²) in [5.74, 6) is -1.23. The maximum absolute atomic E-state index is 13.3. The molecule has 0 saturated heterocycles. The minimum atomic E-state index is -0.734. The number of carbonyl (C=O) groups is 1. The molecule has 0 aromatic heterocycles. The Hall–Kier alpha value is -1.09. The molecule has 1 N–H and O–H groups in total. The van der Waals surface area contributed by atoms with Crippen molar-refractivity contribution in [1.82, 2.24) is 0 Å². The fourth-order valence-corrected chi connectivity index (χ4v) is 1.39. The fraction of sp³-hybridized carbons (Fsp3) is 0.364. The number of phenols is 1. The molecule has 0 atom stereocenters. The first kappa shape index (κ1) is 12.0. The van der Waals surface area contributed by atoms with Gasteiger partial charge in [0.2, 0.25) is 0 Å². The van der Waals surface area contributed by atoms with Crippen LogP contribution in [0.5, 0.6) is 5.75 Å². The topological polar surface area (TPSA) is 37.3 Å². The van der Waals surface area contributed by atoms with Crippen LogP contribution in [0.15, 0.2) is 12.1 Å². The molecular weight excluding hydrogens is 219 g/mol. The molecule has 0 aliphatic heterocycles. The van der Waals surface area contributed by atoms with E-state index in [1.807, 2.05) is 13.8 Å². The van der Waals surface area contributed by atoms with E-state index in [-0.39, 0.29) is 34.5 Å². The summed E-state index contributed by atoms with van der Waals surface area (Å²) in [5.41, 5.74) is -0.0634. The maximum Gasteiger partial charge on any atom is 0.166 e. The first-order valence-electron chi connectivity index (χ1n) is 4.63. The van der Waals surface area contributed by atoms with E-state index in [1.165, 1.54) is 0 Å². The van der Waals surface area contributed by atoms with Gasteiger partial charge >= 0.3 is 0 Å². The van der Waals surface area contributed by atoms with Gasteiger partial charge in [-0.3, -0.25) is 4.79 Å². The molecule has 1 aromatic rings. The third-order valence-corrected chi connectivity index (χ3v) is 2.23. The zero-order valence-corrected chi connectivity index (χ0v) is 9.31. The second kappa shape index (κ2) is 4.62. The zero-order valence-electron chi connectivity index (χ0n) is 8.55. The van der Waals surface area contributed by atoms with Crippen LogP contribution < -0.4 is 0 Å². The lowest BCUT2D eigenvalue weighted by Crippen LogP contribution is -2.06. The quantitative estimate of drug-likeness (QED) is 0.808. The van der Waals surface area contributed by atoms with Gasteiger partial charge in [-0.1, -0.05) is 25.4 Å². The van der Waals surface area contributed by atoms with Crippen molar-refractivity contribution in [3.63, 3.8) is 0 Å². The smallest absolute Gasteiger partial charge is 0.166 e. The summed E-state index contributed by atoms with van der Waals surface area (Å²) >= 11 is 5.60.